The van der Waals surface area contributed by atoms with Crippen molar-refractivity contribution in [3.63, 3.8) is 0 Å². The van der Waals surface area contributed by atoms with Crippen molar-refractivity contribution < 1.29 is 4.79 Å². The fourth-order valence-corrected chi connectivity index (χ4v) is 2.26. The summed E-state index contributed by atoms with van der Waals surface area (Å²) in [6.45, 7) is 2.25. The topological polar surface area (TPSA) is 29.1 Å². The maximum atomic E-state index is 10.5. The molecular weight excluding hydrogens is 174 g/mol. The third-order valence-corrected chi connectivity index (χ3v) is 3.06. The molecule has 2 atom stereocenters. The van der Waals surface area contributed by atoms with E-state index in [2.05, 4.69) is 30.4 Å². The smallest absolute Gasteiger partial charge is 0.207 e. The molecule has 0 saturated heterocycles. The Hall–Kier alpha value is -1.31. The molecule has 2 nitrogen and oxygen atoms in total. The lowest BCUT2D eigenvalue weighted by Gasteiger charge is -2.29. The van der Waals surface area contributed by atoms with Crippen LogP contribution in [-0.2, 0) is 4.79 Å². The van der Waals surface area contributed by atoms with Crippen molar-refractivity contribution in [2.45, 2.75) is 31.7 Å². The number of carbonyl (C=O) groups is 1. The van der Waals surface area contributed by atoms with Gasteiger partial charge in [0.25, 0.3) is 0 Å². The molecule has 0 aromatic heterocycles. The number of benzene rings is 1. The summed E-state index contributed by atoms with van der Waals surface area (Å²) >= 11 is 0. The lowest BCUT2D eigenvalue weighted by Crippen LogP contribution is -2.24. The van der Waals surface area contributed by atoms with Crippen LogP contribution in [0.3, 0.4) is 0 Å². The van der Waals surface area contributed by atoms with E-state index < -0.39 is 0 Å². The van der Waals surface area contributed by atoms with Crippen molar-refractivity contribution in [1.29, 1.82) is 0 Å². The highest BCUT2D eigenvalue weighted by Crippen LogP contribution is 2.36. The number of rotatable bonds is 2. The lowest BCUT2D eigenvalue weighted by molar-refractivity contribution is -0.110. The molecule has 0 fully saturated rings. The van der Waals surface area contributed by atoms with Crippen LogP contribution in [-0.4, -0.2) is 6.41 Å². The first kappa shape index (κ1) is 9.25. The Morgan fingerprint density at radius 1 is 1.29 bits per heavy atom. The van der Waals surface area contributed by atoms with Crippen molar-refractivity contribution in [2.75, 3.05) is 0 Å². The van der Waals surface area contributed by atoms with E-state index in [1.165, 1.54) is 11.1 Å². The molecule has 2 rings (SSSR count). The predicted molar refractivity (Wildman–Crippen MR) is 56.0 cm³/mol. The molecule has 1 aromatic carbocycles. The molecule has 0 heterocycles. The van der Waals surface area contributed by atoms with Gasteiger partial charge in [0.1, 0.15) is 0 Å². The molecule has 1 aliphatic rings. The van der Waals surface area contributed by atoms with E-state index in [-0.39, 0.29) is 6.04 Å². The van der Waals surface area contributed by atoms with Crippen LogP contribution >= 0.6 is 0 Å². The molecule has 0 aliphatic heterocycles. The normalized spacial score (nSPS) is 25.2. The number of hydrogen-bond donors (Lipinski definition) is 1. The van der Waals surface area contributed by atoms with Gasteiger partial charge in [-0.2, -0.15) is 0 Å². The van der Waals surface area contributed by atoms with Gasteiger partial charge in [-0.25, -0.2) is 0 Å². The highest BCUT2D eigenvalue weighted by molar-refractivity contribution is 5.49. The number of nitrogens with one attached hydrogen (secondary N) is 1. The minimum absolute atomic E-state index is 0.222. The van der Waals surface area contributed by atoms with E-state index >= 15 is 0 Å². The van der Waals surface area contributed by atoms with Crippen molar-refractivity contribution in [1.82, 2.24) is 5.32 Å². The maximum absolute atomic E-state index is 10.5. The van der Waals surface area contributed by atoms with Crippen LogP contribution in [0, 0.1) is 0 Å². The summed E-state index contributed by atoms with van der Waals surface area (Å²) < 4.78 is 0. The molecular formula is C12H15NO. The largest absolute Gasteiger partial charge is 0.352 e. The minimum Gasteiger partial charge on any atom is -0.352 e. The molecule has 1 N–H and O–H groups in total. The van der Waals surface area contributed by atoms with Crippen molar-refractivity contribution in [3.8, 4) is 0 Å². The highest BCUT2D eigenvalue weighted by atomic mass is 16.1. The average Bonchev–Trinajstić information content (AvgIpc) is 2.23. The first-order valence-electron chi connectivity index (χ1n) is 5.11. The average molecular weight is 189 g/mol. The molecule has 0 spiro atoms. The third-order valence-electron chi connectivity index (χ3n) is 3.06. The Bertz CT molecular complexity index is 335. The summed E-state index contributed by atoms with van der Waals surface area (Å²) in [5.74, 6) is 0.621. The Morgan fingerprint density at radius 2 is 2.00 bits per heavy atom. The molecule has 74 valence electrons. The van der Waals surface area contributed by atoms with Crippen LogP contribution in [0.5, 0.6) is 0 Å². The zero-order valence-corrected chi connectivity index (χ0v) is 8.36. The molecule has 1 aromatic rings. The summed E-state index contributed by atoms with van der Waals surface area (Å²) in [6, 6.07) is 8.61. The van der Waals surface area contributed by atoms with E-state index in [9.17, 15) is 4.79 Å². The van der Waals surface area contributed by atoms with Crippen LogP contribution < -0.4 is 5.32 Å². The van der Waals surface area contributed by atoms with Gasteiger partial charge in [0.2, 0.25) is 6.41 Å². The molecule has 14 heavy (non-hydrogen) atoms. The van der Waals surface area contributed by atoms with Gasteiger partial charge in [0.05, 0.1) is 6.04 Å². The molecule has 1 aliphatic carbocycles. The Morgan fingerprint density at radius 3 is 2.71 bits per heavy atom. The number of fused-ring (bicyclic) bond motifs is 1. The van der Waals surface area contributed by atoms with E-state index in [0.29, 0.717) is 5.92 Å². The van der Waals surface area contributed by atoms with Crippen molar-refractivity contribution in [3.05, 3.63) is 35.4 Å². The van der Waals surface area contributed by atoms with E-state index in [0.717, 1.165) is 19.3 Å². The zero-order chi connectivity index (χ0) is 9.97. The Balaban J connectivity index is 2.36. The quantitative estimate of drug-likeness (QED) is 0.711. The second-order valence-corrected chi connectivity index (χ2v) is 3.94. The fourth-order valence-electron chi connectivity index (χ4n) is 2.26. The summed E-state index contributed by atoms with van der Waals surface area (Å²) in [5.41, 5.74) is 2.68. The number of hydrogen-bond acceptors (Lipinski definition) is 1. The summed E-state index contributed by atoms with van der Waals surface area (Å²) in [6.07, 6.45) is 3.01. The summed E-state index contributed by atoms with van der Waals surface area (Å²) in [5, 5.41) is 2.88. The zero-order valence-electron chi connectivity index (χ0n) is 8.36. The molecule has 0 radical (unpaired) electrons. The van der Waals surface area contributed by atoms with Crippen LogP contribution in [0.25, 0.3) is 0 Å². The van der Waals surface area contributed by atoms with Gasteiger partial charge < -0.3 is 5.32 Å². The van der Waals surface area contributed by atoms with Crippen molar-refractivity contribution >= 4 is 6.41 Å². The molecule has 0 bridgehead atoms. The van der Waals surface area contributed by atoms with Gasteiger partial charge in [-0.15, -0.1) is 0 Å². The van der Waals surface area contributed by atoms with Gasteiger partial charge in [-0.1, -0.05) is 31.2 Å². The monoisotopic (exact) mass is 189 g/mol. The summed E-state index contributed by atoms with van der Waals surface area (Å²) in [7, 11) is 0. The van der Waals surface area contributed by atoms with Gasteiger partial charge in [0.15, 0.2) is 0 Å². The molecule has 0 unspecified atom stereocenters. The first-order valence-corrected chi connectivity index (χ1v) is 5.11. The van der Waals surface area contributed by atoms with E-state index in [1.54, 1.807) is 0 Å². The van der Waals surface area contributed by atoms with Crippen LogP contribution in [0.2, 0.25) is 0 Å². The van der Waals surface area contributed by atoms with E-state index in [1.807, 2.05) is 6.07 Å². The van der Waals surface area contributed by atoms with Gasteiger partial charge in [-0.3, -0.25) is 4.79 Å². The SMILES string of the molecule is C[C@H]1CC[C@H](NC=O)c2ccccc21. The van der Waals surface area contributed by atoms with E-state index in [4.69, 9.17) is 0 Å². The molecule has 0 saturated carbocycles. The molecule has 1 amide bonds. The standard InChI is InChI=1S/C12H15NO/c1-9-6-7-12(13-8-14)11-5-3-2-4-10(9)11/h2-5,8-9,12H,6-7H2,1H3,(H,13,14)/t9-,12-/m0/s1. The maximum Gasteiger partial charge on any atom is 0.207 e. The second kappa shape index (κ2) is 3.82. The predicted octanol–water partition coefficient (Wildman–Crippen LogP) is 2.37. The third kappa shape index (κ3) is 1.52. The lowest BCUT2D eigenvalue weighted by atomic mass is 9.81. The minimum atomic E-state index is 0.222. The number of carbonyl (C=O) groups excluding carboxylic acids is 1. The fraction of sp³-hybridized carbons (Fsp3) is 0.417. The van der Waals surface area contributed by atoms with Crippen LogP contribution in [0.1, 0.15) is 42.9 Å². The first-order chi connectivity index (χ1) is 6.83. The van der Waals surface area contributed by atoms with Crippen LogP contribution in [0.15, 0.2) is 24.3 Å². The van der Waals surface area contributed by atoms with Gasteiger partial charge >= 0.3 is 0 Å². The molecule has 2 heteroatoms. The van der Waals surface area contributed by atoms with Gasteiger partial charge in [-0.05, 0) is 29.9 Å². The second-order valence-electron chi connectivity index (χ2n) is 3.94. The Kier molecular flexibility index (Phi) is 2.53. The van der Waals surface area contributed by atoms with Crippen LogP contribution in [0.4, 0.5) is 0 Å². The highest BCUT2D eigenvalue weighted by Gasteiger charge is 2.23. The summed E-state index contributed by atoms with van der Waals surface area (Å²) in [4.78, 5) is 10.5. The van der Waals surface area contributed by atoms with Gasteiger partial charge in [0, 0.05) is 0 Å². The Labute approximate surface area is 84.3 Å². The van der Waals surface area contributed by atoms with Crippen molar-refractivity contribution in [2.24, 2.45) is 0 Å². The number of amides is 1.